The van der Waals surface area contributed by atoms with Gasteiger partial charge >= 0.3 is 0 Å². The van der Waals surface area contributed by atoms with Crippen LogP contribution in [0.1, 0.15) is 23.2 Å². The average Bonchev–Trinajstić information content (AvgIpc) is 3.22. The first-order valence-electron chi connectivity index (χ1n) is 10.3. The van der Waals surface area contributed by atoms with Crippen LogP contribution in [-0.2, 0) is 11.3 Å². The fourth-order valence-corrected chi connectivity index (χ4v) is 4.10. The number of fused-ring (bicyclic) bond motifs is 1. The van der Waals surface area contributed by atoms with E-state index in [-0.39, 0.29) is 6.10 Å². The smallest absolute Gasteiger partial charge is 0.246 e. The summed E-state index contributed by atoms with van der Waals surface area (Å²) >= 11 is 6.40. The molecule has 5 rings (SSSR count). The molecule has 2 aromatic heterocycles. The lowest BCUT2D eigenvalue weighted by Gasteiger charge is -2.23. The van der Waals surface area contributed by atoms with Crippen LogP contribution in [-0.4, -0.2) is 33.5 Å². The zero-order valence-corrected chi connectivity index (χ0v) is 18.5. The van der Waals surface area contributed by atoms with Gasteiger partial charge in [-0.2, -0.15) is 4.98 Å². The minimum absolute atomic E-state index is 0.354. The van der Waals surface area contributed by atoms with Crippen molar-refractivity contribution < 1.29 is 9.47 Å². The molecular weight excluding hydrogens is 426 g/mol. The Morgan fingerprint density at radius 3 is 2.84 bits per heavy atom. The standard InChI is InChI=1S/C24H22ClN5O2/c1-15-13-16(9-10-26-15)18-8-7-17(14-21(18)31-2)27-24-28-23-22(32-12-11-30(23)29-24)19-5-3-4-6-20(19)25/h3-10,13-14,22H,11-12H2,1-2H3,(H,27,29). The summed E-state index contributed by atoms with van der Waals surface area (Å²) in [5.74, 6) is 1.97. The Hall–Kier alpha value is -3.42. The summed E-state index contributed by atoms with van der Waals surface area (Å²) < 4.78 is 13.5. The number of nitrogens with zero attached hydrogens (tertiary/aromatic N) is 4. The van der Waals surface area contributed by atoms with Gasteiger partial charge < -0.3 is 14.8 Å². The second-order valence-electron chi connectivity index (χ2n) is 7.52. The summed E-state index contributed by atoms with van der Waals surface area (Å²) in [4.78, 5) is 8.97. The first-order chi connectivity index (χ1) is 15.6. The second-order valence-corrected chi connectivity index (χ2v) is 7.92. The molecule has 0 bridgehead atoms. The normalized spacial score (nSPS) is 15.3. The molecule has 3 heterocycles. The van der Waals surface area contributed by atoms with Gasteiger partial charge in [0.05, 0.1) is 20.3 Å². The number of halogens is 1. The van der Waals surface area contributed by atoms with Gasteiger partial charge in [0, 0.05) is 39.8 Å². The SMILES string of the molecule is COc1cc(Nc2nc3n(n2)CCOC3c2ccccc2Cl)ccc1-c1ccnc(C)c1. The molecule has 0 aliphatic carbocycles. The largest absolute Gasteiger partial charge is 0.496 e. The Bertz CT molecular complexity index is 1270. The summed E-state index contributed by atoms with van der Waals surface area (Å²) in [6, 6.07) is 17.6. The van der Waals surface area contributed by atoms with Gasteiger partial charge in [0.2, 0.25) is 5.95 Å². The maximum atomic E-state index is 6.40. The molecule has 0 radical (unpaired) electrons. The molecule has 0 saturated heterocycles. The number of methoxy groups -OCH3 is 1. The molecule has 1 atom stereocenters. The van der Waals surface area contributed by atoms with Crippen LogP contribution in [0.15, 0.2) is 60.8 Å². The highest BCUT2D eigenvalue weighted by molar-refractivity contribution is 6.31. The highest BCUT2D eigenvalue weighted by Crippen LogP contribution is 2.35. The second kappa shape index (κ2) is 8.61. The highest BCUT2D eigenvalue weighted by atomic mass is 35.5. The number of rotatable bonds is 5. The Morgan fingerprint density at radius 1 is 1.16 bits per heavy atom. The first kappa shape index (κ1) is 20.5. The molecule has 7 nitrogen and oxygen atoms in total. The van der Waals surface area contributed by atoms with E-state index in [4.69, 9.17) is 26.1 Å². The van der Waals surface area contributed by atoms with Gasteiger partial charge in [-0.25, -0.2) is 4.68 Å². The summed E-state index contributed by atoms with van der Waals surface area (Å²) in [7, 11) is 1.66. The number of ether oxygens (including phenoxy) is 2. The molecule has 2 aromatic carbocycles. The molecule has 8 heteroatoms. The molecule has 32 heavy (non-hydrogen) atoms. The lowest BCUT2D eigenvalue weighted by atomic mass is 10.0. The number of aromatic nitrogens is 4. The van der Waals surface area contributed by atoms with Gasteiger partial charge in [-0.15, -0.1) is 5.10 Å². The van der Waals surface area contributed by atoms with Gasteiger partial charge in [-0.3, -0.25) is 4.98 Å². The van der Waals surface area contributed by atoms with Crippen LogP contribution in [0.25, 0.3) is 11.1 Å². The van der Waals surface area contributed by atoms with Crippen molar-refractivity contribution in [2.24, 2.45) is 0 Å². The Balaban J connectivity index is 1.44. The van der Waals surface area contributed by atoms with Crippen LogP contribution in [0.4, 0.5) is 11.6 Å². The van der Waals surface area contributed by atoms with Crippen LogP contribution in [0.2, 0.25) is 5.02 Å². The monoisotopic (exact) mass is 447 g/mol. The van der Waals surface area contributed by atoms with Crippen molar-refractivity contribution in [2.75, 3.05) is 19.0 Å². The first-order valence-corrected chi connectivity index (χ1v) is 10.7. The van der Waals surface area contributed by atoms with Crippen LogP contribution >= 0.6 is 11.6 Å². The van der Waals surface area contributed by atoms with Gasteiger partial charge in [-0.1, -0.05) is 29.8 Å². The predicted octanol–water partition coefficient (Wildman–Crippen LogP) is 5.17. The zero-order chi connectivity index (χ0) is 22.1. The predicted molar refractivity (Wildman–Crippen MR) is 124 cm³/mol. The van der Waals surface area contributed by atoms with E-state index in [0.717, 1.165) is 39.6 Å². The summed E-state index contributed by atoms with van der Waals surface area (Å²) in [6.07, 6.45) is 1.44. The maximum Gasteiger partial charge on any atom is 0.246 e. The highest BCUT2D eigenvalue weighted by Gasteiger charge is 2.28. The van der Waals surface area contributed by atoms with Crippen molar-refractivity contribution >= 4 is 23.2 Å². The Kier molecular flexibility index (Phi) is 5.51. The maximum absolute atomic E-state index is 6.40. The molecule has 0 spiro atoms. The molecule has 1 aliphatic rings. The van der Waals surface area contributed by atoms with E-state index in [0.29, 0.717) is 24.1 Å². The third-order valence-corrected chi connectivity index (χ3v) is 5.72. The van der Waals surface area contributed by atoms with Crippen molar-refractivity contribution in [2.45, 2.75) is 19.6 Å². The van der Waals surface area contributed by atoms with E-state index in [1.54, 1.807) is 13.3 Å². The average molecular weight is 448 g/mol. The van der Waals surface area contributed by atoms with E-state index in [9.17, 15) is 0 Å². The summed E-state index contributed by atoms with van der Waals surface area (Å²) in [5, 5.41) is 8.56. The molecule has 4 aromatic rings. The molecule has 0 saturated carbocycles. The molecule has 1 unspecified atom stereocenters. The Labute approximate surface area is 191 Å². The quantitative estimate of drug-likeness (QED) is 0.454. The van der Waals surface area contributed by atoms with E-state index in [2.05, 4.69) is 15.4 Å². The Morgan fingerprint density at radius 2 is 2.03 bits per heavy atom. The van der Waals surface area contributed by atoms with Crippen LogP contribution < -0.4 is 10.1 Å². The molecule has 162 valence electrons. The van der Waals surface area contributed by atoms with Crippen molar-refractivity contribution in [3.8, 4) is 16.9 Å². The van der Waals surface area contributed by atoms with Crippen molar-refractivity contribution in [3.63, 3.8) is 0 Å². The van der Waals surface area contributed by atoms with Gasteiger partial charge in [-0.05, 0) is 42.8 Å². The fraction of sp³-hybridized carbons (Fsp3) is 0.208. The fourth-order valence-electron chi connectivity index (χ4n) is 3.86. The van der Waals surface area contributed by atoms with E-state index >= 15 is 0 Å². The minimum Gasteiger partial charge on any atom is -0.496 e. The summed E-state index contributed by atoms with van der Waals surface area (Å²) in [5.41, 5.74) is 4.71. The zero-order valence-electron chi connectivity index (χ0n) is 17.7. The lowest BCUT2D eigenvalue weighted by Crippen LogP contribution is -2.23. The molecule has 1 aliphatic heterocycles. The number of hydrogen-bond acceptors (Lipinski definition) is 6. The molecular formula is C24H22ClN5O2. The van der Waals surface area contributed by atoms with E-state index in [1.807, 2.05) is 66.2 Å². The molecule has 0 amide bonds. The number of anilines is 2. The van der Waals surface area contributed by atoms with Crippen LogP contribution in [0.3, 0.4) is 0 Å². The molecule has 1 N–H and O–H groups in total. The summed E-state index contributed by atoms with van der Waals surface area (Å²) in [6.45, 7) is 3.14. The van der Waals surface area contributed by atoms with E-state index in [1.165, 1.54) is 0 Å². The van der Waals surface area contributed by atoms with Crippen molar-refractivity contribution in [1.82, 2.24) is 19.7 Å². The van der Waals surface area contributed by atoms with Crippen LogP contribution in [0, 0.1) is 6.92 Å². The topological polar surface area (TPSA) is 74.1 Å². The number of benzene rings is 2. The lowest BCUT2D eigenvalue weighted by molar-refractivity contribution is 0.0390. The third kappa shape index (κ3) is 3.92. The van der Waals surface area contributed by atoms with Gasteiger partial charge in [0.25, 0.3) is 0 Å². The minimum atomic E-state index is -0.354. The number of aryl methyl sites for hydroxylation is 1. The number of nitrogens with one attached hydrogen (secondary N) is 1. The molecule has 0 fully saturated rings. The van der Waals surface area contributed by atoms with Crippen molar-refractivity contribution in [1.29, 1.82) is 0 Å². The van der Waals surface area contributed by atoms with Crippen molar-refractivity contribution in [3.05, 3.63) is 82.9 Å². The van der Waals surface area contributed by atoms with Gasteiger partial charge in [0.15, 0.2) is 5.82 Å². The van der Waals surface area contributed by atoms with Crippen LogP contribution in [0.5, 0.6) is 5.75 Å². The van der Waals surface area contributed by atoms with Gasteiger partial charge in [0.1, 0.15) is 11.9 Å². The number of pyridine rings is 1. The van der Waals surface area contributed by atoms with E-state index < -0.39 is 0 Å². The number of hydrogen-bond donors (Lipinski definition) is 1. The third-order valence-electron chi connectivity index (χ3n) is 5.38.